The zero-order valence-electron chi connectivity index (χ0n) is 10.5. The van der Waals surface area contributed by atoms with Crippen LogP contribution < -0.4 is 0 Å². The van der Waals surface area contributed by atoms with E-state index in [0.29, 0.717) is 18.8 Å². The van der Waals surface area contributed by atoms with Gasteiger partial charge in [0.15, 0.2) is 16.5 Å². The van der Waals surface area contributed by atoms with Crippen LogP contribution in [0, 0.1) is 0 Å². The van der Waals surface area contributed by atoms with E-state index in [4.69, 9.17) is 4.74 Å². The highest BCUT2D eigenvalue weighted by Gasteiger charge is 2.36. The molecule has 1 heterocycles. The van der Waals surface area contributed by atoms with Crippen molar-refractivity contribution >= 4 is 27.6 Å². The van der Waals surface area contributed by atoms with E-state index in [1.807, 2.05) is 20.8 Å². The Hall–Kier alpha value is -0.840. The van der Waals surface area contributed by atoms with Crippen LogP contribution in [-0.2, 0) is 14.3 Å². The third-order valence-corrected chi connectivity index (χ3v) is 3.80. The number of halogens is 1. The van der Waals surface area contributed by atoms with Crippen molar-refractivity contribution in [3.63, 3.8) is 0 Å². The predicted octanol–water partition coefficient (Wildman–Crippen LogP) is 2.23. The Kier molecular flexibility index (Phi) is 4.36. The second kappa shape index (κ2) is 5.21. The van der Waals surface area contributed by atoms with Crippen molar-refractivity contribution in [1.82, 2.24) is 4.90 Å². The Morgan fingerprint density at radius 1 is 1.59 bits per heavy atom. The van der Waals surface area contributed by atoms with Gasteiger partial charge in [0.05, 0.1) is 0 Å². The summed E-state index contributed by atoms with van der Waals surface area (Å²) in [5, 5.41) is 0. The highest BCUT2D eigenvalue weighted by atomic mass is 79.9. The van der Waals surface area contributed by atoms with Gasteiger partial charge < -0.3 is 4.74 Å². The maximum atomic E-state index is 11.9. The summed E-state index contributed by atoms with van der Waals surface area (Å²) in [6, 6.07) is 0. The fourth-order valence-electron chi connectivity index (χ4n) is 1.43. The largest absolute Gasteiger partial charge is 0.473 e. The summed E-state index contributed by atoms with van der Waals surface area (Å²) in [5.74, 6) is -0.0641. The van der Waals surface area contributed by atoms with Crippen LogP contribution in [0.2, 0.25) is 0 Å². The number of ketones is 1. The molecule has 0 radical (unpaired) electrons. The molecule has 1 saturated heterocycles. The zero-order valence-corrected chi connectivity index (χ0v) is 12.0. The van der Waals surface area contributed by atoms with Crippen LogP contribution in [0.15, 0.2) is 12.5 Å². The van der Waals surface area contributed by atoms with E-state index in [0.717, 1.165) is 6.42 Å². The van der Waals surface area contributed by atoms with Crippen LogP contribution in [0.1, 0.15) is 33.6 Å². The predicted molar refractivity (Wildman–Crippen MR) is 68.6 cm³/mol. The minimum absolute atomic E-state index is 0.0891. The third kappa shape index (κ3) is 3.31. The number of rotatable bonds is 4. The van der Waals surface area contributed by atoms with E-state index in [-0.39, 0.29) is 17.3 Å². The second-order valence-electron chi connectivity index (χ2n) is 4.68. The van der Waals surface area contributed by atoms with Crippen LogP contribution in [0.5, 0.6) is 0 Å². The first-order valence-corrected chi connectivity index (χ1v) is 6.56. The van der Waals surface area contributed by atoms with Gasteiger partial charge in [-0.15, -0.1) is 0 Å². The molecule has 1 aliphatic heterocycles. The van der Waals surface area contributed by atoms with Gasteiger partial charge >= 0.3 is 0 Å². The van der Waals surface area contributed by atoms with Gasteiger partial charge in [0, 0.05) is 13.0 Å². The summed E-state index contributed by atoms with van der Waals surface area (Å²) >= 11 is 3.09. The lowest BCUT2D eigenvalue weighted by Crippen LogP contribution is -2.47. The molecule has 1 aliphatic rings. The van der Waals surface area contributed by atoms with E-state index in [2.05, 4.69) is 22.5 Å². The van der Waals surface area contributed by atoms with E-state index in [1.54, 1.807) is 0 Å². The summed E-state index contributed by atoms with van der Waals surface area (Å²) in [7, 11) is 0. The number of hydrogen-bond donors (Lipinski definition) is 0. The van der Waals surface area contributed by atoms with E-state index >= 15 is 0 Å². The monoisotopic (exact) mass is 303 g/mol. The van der Waals surface area contributed by atoms with Crippen LogP contribution >= 0.6 is 15.9 Å². The quantitative estimate of drug-likeness (QED) is 0.454. The number of Topliss-reactive ketones (excluding diaryl/α,β-unsaturated/α-hetero) is 1. The van der Waals surface area contributed by atoms with Gasteiger partial charge in [0.25, 0.3) is 5.91 Å². The average molecular weight is 304 g/mol. The molecule has 0 saturated carbocycles. The highest BCUT2D eigenvalue weighted by Crippen LogP contribution is 2.24. The molecule has 17 heavy (non-hydrogen) atoms. The van der Waals surface area contributed by atoms with Crippen LogP contribution in [0.4, 0.5) is 0 Å². The van der Waals surface area contributed by atoms with Gasteiger partial charge in [0.1, 0.15) is 5.60 Å². The first-order chi connectivity index (χ1) is 7.78. The fourth-order valence-corrected chi connectivity index (χ4v) is 1.90. The van der Waals surface area contributed by atoms with Gasteiger partial charge in [-0.3, -0.25) is 14.5 Å². The molecule has 0 aliphatic carbocycles. The van der Waals surface area contributed by atoms with Crippen molar-refractivity contribution in [2.45, 2.75) is 44.0 Å². The maximum Gasteiger partial charge on any atom is 0.250 e. The summed E-state index contributed by atoms with van der Waals surface area (Å²) in [6.45, 7) is 9.99. The number of carbonyl (C=O) groups is 2. The molecular weight excluding hydrogens is 286 g/mol. The Labute approximate surface area is 110 Å². The van der Waals surface area contributed by atoms with Crippen molar-refractivity contribution in [3.8, 4) is 0 Å². The molecule has 0 N–H and O–H groups in total. The molecule has 0 aromatic rings. The van der Waals surface area contributed by atoms with Crippen LogP contribution in [-0.4, -0.2) is 33.6 Å². The summed E-state index contributed by atoms with van der Waals surface area (Å²) < 4.78 is 5.66. The molecule has 5 heteroatoms. The number of likely N-dealkylation sites (tertiary alicyclic amines) is 1. The smallest absolute Gasteiger partial charge is 0.250 e. The fraction of sp³-hybridized carbons (Fsp3) is 0.667. The van der Waals surface area contributed by atoms with E-state index in [9.17, 15) is 9.59 Å². The molecule has 1 unspecified atom stereocenters. The van der Waals surface area contributed by atoms with Gasteiger partial charge in [-0.2, -0.15) is 0 Å². The number of nitrogens with zero attached hydrogens (tertiary/aromatic N) is 1. The zero-order chi connectivity index (χ0) is 13.2. The van der Waals surface area contributed by atoms with Crippen molar-refractivity contribution in [3.05, 3.63) is 12.5 Å². The SMILES string of the molecule is C=C(OC(C)(C)CC)N1CCC(=O)C(Br)C1=O. The van der Waals surface area contributed by atoms with Crippen LogP contribution in [0.3, 0.4) is 0 Å². The topological polar surface area (TPSA) is 46.6 Å². The summed E-state index contributed by atoms with van der Waals surface area (Å²) in [4.78, 5) is 23.9. The number of amides is 1. The molecule has 1 rings (SSSR count). The number of ether oxygens (including phenoxy) is 1. The molecule has 1 atom stereocenters. The first kappa shape index (κ1) is 14.2. The van der Waals surface area contributed by atoms with E-state index < -0.39 is 4.83 Å². The highest BCUT2D eigenvalue weighted by molar-refractivity contribution is 9.10. The van der Waals surface area contributed by atoms with E-state index in [1.165, 1.54) is 4.90 Å². The van der Waals surface area contributed by atoms with Crippen LogP contribution in [0.25, 0.3) is 0 Å². The number of hydrogen-bond acceptors (Lipinski definition) is 3. The van der Waals surface area contributed by atoms with Gasteiger partial charge in [-0.25, -0.2) is 0 Å². The first-order valence-electron chi connectivity index (χ1n) is 5.64. The van der Waals surface area contributed by atoms with Crippen molar-refractivity contribution in [2.24, 2.45) is 0 Å². The second-order valence-corrected chi connectivity index (χ2v) is 5.59. The molecule has 1 amide bonds. The van der Waals surface area contributed by atoms with Crippen molar-refractivity contribution in [2.75, 3.05) is 6.54 Å². The maximum absolute atomic E-state index is 11.9. The summed E-state index contributed by atoms with van der Waals surface area (Å²) in [6.07, 6.45) is 1.14. The Morgan fingerprint density at radius 3 is 2.71 bits per heavy atom. The Morgan fingerprint density at radius 2 is 2.18 bits per heavy atom. The lowest BCUT2D eigenvalue weighted by atomic mass is 10.1. The molecule has 4 nitrogen and oxygen atoms in total. The molecule has 96 valence electrons. The molecule has 0 aromatic carbocycles. The minimum atomic E-state index is -0.763. The Bertz CT molecular complexity index is 352. The van der Waals surface area contributed by atoms with Gasteiger partial charge in [-0.1, -0.05) is 22.9 Å². The number of carbonyl (C=O) groups excluding carboxylic acids is 2. The summed E-state index contributed by atoms with van der Waals surface area (Å²) in [5.41, 5.74) is -0.360. The molecule has 0 bridgehead atoms. The van der Waals surface area contributed by atoms with Crippen molar-refractivity contribution < 1.29 is 14.3 Å². The minimum Gasteiger partial charge on any atom is -0.473 e. The van der Waals surface area contributed by atoms with Gasteiger partial charge in [-0.05, 0) is 26.8 Å². The average Bonchev–Trinajstić information content (AvgIpc) is 2.25. The standard InChI is InChI=1S/C12H18BrNO3/c1-5-12(3,4)17-8(2)14-7-6-9(15)10(13)11(14)16/h10H,2,5-7H2,1,3-4H3. The van der Waals surface area contributed by atoms with Gasteiger partial charge in [0.2, 0.25) is 0 Å². The number of alkyl halides is 1. The van der Waals surface area contributed by atoms with Crippen molar-refractivity contribution in [1.29, 1.82) is 0 Å². The normalized spacial score (nSPS) is 21.6. The third-order valence-electron chi connectivity index (χ3n) is 2.89. The molecule has 0 spiro atoms. The number of piperidine rings is 1. The lowest BCUT2D eigenvalue weighted by Gasteiger charge is -2.34. The lowest BCUT2D eigenvalue weighted by molar-refractivity contribution is -0.140. The Balaban J connectivity index is 2.71. The molecule has 0 aromatic heterocycles. The molecular formula is C12H18BrNO3. The molecule has 1 fully saturated rings.